The first-order valence-corrected chi connectivity index (χ1v) is 10.6. The molecule has 0 aliphatic rings. The predicted molar refractivity (Wildman–Crippen MR) is 103 cm³/mol. The molecule has 0 heterocycles. The molecule has 0 aromatic carbocycles. The van der Waals surface area contributed by atoms with Crippen LogP contribution in [-0.2, 0) is 0 Å². The van der Waals surface area contributed by atoms with Crippen molar-refractivity contribution in [2.24, 2.45) is 17.8 Å². The predicted octanol–water partition coefficient (Wildman–Crippen LogP) is 8.40. The van der Waals surface area contributed by atoms with Crippen LogP contribution in [0.5, 0.6) is 0 Å². The zero-order chi connectivity index (χ0) is 16.6. The summed E-state index contributed by atoms with van der Waals surface area (Å²) in [4.78, 5) is 0. The van der Waals surface area contributed by atoms with Crippen molar-refractivity contribution in [3.63, 3.8) is 0 Å². The summed E-state index contributed by atoms with van der Waals surface area (Å²) < 4.78 is 0. The van der Waals surface area contributed by atoms with Gasteiger partial charge >= 0.3 is 0 Å². The van der Waals surface area contributed by atoms with Gasteiger partial charge in [-0.3, -0.25) is 0 Å². The molecule has 0 amide bonds. The van der Waals surface area contributed by atoms with Crippen molar-refractivity contribution in [3.05, 3.63) is 0 Å². The summed E-state index contributed by atoms with van der Waals surface area (Å²) in [5.74, 6) is 2.72. The smallest absolute Gasteiger partial charge is 0.0438 e. The van der Waals surface area contributed by atoms with E-state index in [0.29, 0.717) is 0 Å². The number of hydrogen-bond donors (Lipinski definition) is 0. The molecular formula is C22H46. The lowest BCUT2D eigenvalue weighted by Gasteiger charge is -2.18. The highest BCUT2D eigenvalue weighted by Gasteiger charge is 2.10. The van der Waals surface area contributed by atoms with E-state index in [-0.39, 0.29) is 0 Å². The third kappa shape index (κ3) is 16.4. The highest BCUT2D eigenvalue weighted by molar-refractivity contribution is 4.62. The topological polar surface area (TPSA) is 0 Å². The Balaban J connectivity index is 3.25. The van der Waals surface area contributed by atoms with Crippen LogP contribution in [0.1, 0.15) is 125 Å². The van der Waals surface area contributed by atoms with Gasteiger partial charge in [0.25, 0.3) is 0 Å². The lowest BCUT2D eigenvalue weighted by atomic mass is 9.88. The Morgan fingerprint density at radius 3 is 1.41 bits per heavy atom. The van der Waals surface area contributed by atoms with Crippen molar-refractivity contribution in [2.45, 2.75) is 125 Å². The van der Waals surface area contributed by atoms with Crippen molar-refractivity contribution in [1.82, 2.24) is 0 Å². The van der Waals surface area contributed by atoms with Crippen LogP contribution >= 0.6 is 0 Å². The van der Waals surface area contributed by atoms with Crippen LogP contribution in [-0.4, -0.2) is 0 Å². The Bertz CT molecular complexity index is 206. The molecule has 0 aromatic heterocycles. The molecule has 22 heavy (non-hydrogen) atoms. The molecule has 0 rings (SSSR count). The van der Waals surface area contributed by atoms with E-state index >= 15 is 0 Å². The fourth-order valence-electron chi connectivity index (χ4n) is 3.86. The van der Waals surface area contributed by atoms with Gasteiger partial charge in [-0.15, -0.1) is 0 Å². The molecule has 0 N–H and O–H groups in total. The van der Waals surface area contributed by atoms with Gasteiger partial charge in [0.05, 0.1) is 0 Å². The number of unbranched alkanes of at least 4 members (excludes halogenated alkanes) is 10. The van der Waals surface area contributed by atoms with Gasteiger partial charge in [-0.25, -0.2) is 0 Å². The molecule has 0 aromatic rings. The summed E-state index contributed by atoms with van der Waals surface area (Å²) in [5, 5.41) is 0. The molecule has 0 aliphatic heterocycles. The third-order valence-corrected chi connectivity index (χ3v) is 4.98. The minimum Gasteiger partial charge on any atom is -0.0654 e. The Labute approximate surface area is 142 Å². The van der Waals surface area contributed by atoms with E-state index in [1.165, 1.54) is 89.9 Å². The van der Waals surface area contributed by atoms with Crippen molar-refractivity contribution >= 4 is 0 Å². The van der Waals surface area contributed by atoms with Gasteiger partial charge in [-0.05, 0) is 30.6 Å². The molecule has 0 nitrogen and oxygen atoms in total. The van der Waals surface area contributed by atoms with Crippen molar-refractivity contribution in [1.29, 1.82) is 0 Å². The normalized spacial score (nSPS) is 14.5. The lowest BCUT2D eigenvalue weighted by Crippen LogP contribution is -2.06. The quantitative estimate of drug-likeness (QED) is 0.251. The summed E-state index contributed by atoms with van der Waals surface area (Å²) in [5.41, 5.74) is 0. The minimum absolute atomic E-state index is 0.865. The minimum atomic E-state index is 0.865. The van der Waals surface area contributed by atoms with E-state index in [1.807, 2.05) is 0 Å². The van der Waals surface area contributed by atoms with Crippen LogP contribution in [0.4, 0.5) is 0 Å². The Morgan fingerprint density at radius 1 is 0.500 bits per heavy atom. The van der Waals surface area contributed by atoms with Crippen molar-refractivity contribution in [2.75, 3.05) is 0 Å². The maximum absolute atomic E-state index is 2.47. The second-order valence-corrected chi connectivity index (χ2v) is 8.40. The van der Waals surface area contributed by atoms with Crippen LogP contribution in [0, 0.1) is 17.8 Å². The zero-order valence-corrected chi connectivity index (χ0v) is 16.6. The van der Waals surface area contributed by atoms with Gasteiger partial charge in [-0.2, -0.15) is 0 Å². The van der Waals surface area contributed by atoms with Gasteiger partial charge in [0.15, 0.2) is 0 Å². The first-order chi connectivity index (χ1) is 10.6. The molecule has 0 aliphatic carbocycles. The molecule has 0 radical (unpaired) electrons. The average molecular weight is 311 g/mol. The zero-order valence-electron chi connectivity index (χ0n) is 16.6. The van der Waals surface area contributed by atoms with Crippen LogP contribution in [0.15, 0.2) is 0 Å². The fourth-order valence-corrected chi connectivity index (χ4v) is 3.86. The molecule has 2 unspecified atom stereocenters. The number of rotatable bonds is 16. The standard InChI is InChI=1S/C22H46/c1-6-7-8-9-10-11-12-13-14-15-16-17-21(4)19-22(5)18-20(2)3/h20-22H,6-19H2,1-5H3. The molecule has 134 valence electrons. The van der Waals surface area contributed by atoms with E-state index in [0.717, 1.165) is 17.8 Å². The van der Waals surface area contributed by atoms with Crippen LogP contribution in [0.3, 0.4) is 0 Å². The third-order valence-electron chi connectivity index (χ3n) is 4.98. The highest BCUT2D eigenvalue weighted by atomic mass is 14.2. The van der Waals surface area contributed by atoms with Gasteiger partial charge in [-0.1, -0.05) is 112 Å². The van der Waals surface area contributed by atoms with Gasteiger partial charge < -0.3 is 0 Å². The van der Waals surface area contributed by atoms with Crippen molar-refractivity contribution < 1.29 is 0 Å². The molecule has 2 atom stereocenters. The first-order valence-electron chi connectivity index (χ1n) is 10.6. The fraction of sp³-hybridized carbons (Fsp3) is 1.00. The second kappa shape index (κ2) is 15.9. The largest absolute Gasteiger partial charge is 0.0654 e. The Hall–Kier alpha value is 0. The van der Waals surface area contributed by atoms with E-state index in [1.54, 1.807) is 0 Å². The second-order valence-electron chi connectivity index (χ2n) is 8.40. The summed E-state index contributed by atoms with van der Waals surface area (Å²) in [6.07, 6.45) is 20.4. The van der Waals surface area contributed by atoms with Gasteiger partial charge in [0.2, 0.25) is 0 Å². The summed E-state index contributed by atoms with van der Waals surface area (Å²) >= 11 is 0. The maximum Gasteiger partial charge on any atom is -0.0438 e. The van der Waals surface area contributed by atoms with Crippen LogP contribution in [0.25, 0.3) is 0 Å². The summed E-state index contributed by atoms with van der Waals surface area (Å²) in [7, 11) is 0. The molecule has 0 bridgehead atoms. The lowest BCUT2D eigenvalue weighted by molar-refractivity contribution is 0.336. The maximum atomic E-state index is 2.47. The molecule has 0 spiro atoms. The van der Waals surface area contributed by atoms with E-state index in [9.17, 15) is 0 Å². The summed E-state index contributed by atoms with van der Waals surface area (Å²) in [6, 6.07) is 0. The van der Waals surface area contributed by atoms with Gasteiger partial charge in [0, 0.05) is 0 Å². The van der Waals surface area contributed by atoms with E-state index in [4.69, 9.17) is 0 Å². The molecule has 0 saturated heterocycles. The molecule has 0 fully saturated rings. The monoisotopic (exact) mass is 310 g/mol. The van der Waals surface area contributed by atoms with Crippen LogP contribution in [0.2, 0.25) is 0 Å². The van der Waals surface area contributed by atoms with Gasteiger partial charge in [0.1, 0.15) is 0 Å². The van der Waals surface area contributed by atoms with E-state index < -0.39 is 0 Å². The van der Waals surface area contributed by atoms with Crippen LogP contribution < -0.4 is 0 Å². The molecule has 0 heteroatoms. The Kier molecular flexibility index (Phi) is 15.9. The molecule has 0 saturated carbocycles. The number of hydrogen-bond acceptors (Lipinski definition) is 0. The summed E-state index contributed by atoms with van der Waals surface area (Å²) in [6.45, 7) is 11.9. The molecular weight excluding hydrogens is 264 g/mol. The highest BCUT2D eigenvalue weighted by Crippen LogP contribution is 2.23. The average Bonchev–Trinajstić information content (AvgIpc) is 2.43. The van der Waals surface area contributed by atoms with Crippen molar-refractivity contribution in [3.8, 4) is 0 Å². The first kappa shape index (κ1) is 22.0. The SMILES string of the molecule is CCCCCCCCCCCCCC(C)CC(C)CC(C)C. The Morgan fingerprint density at radius 2 is 0.955 bits per heavy atom. The van der Waals surface area contributed by atoms with E-state index in [2.05, 4.69) is 34.6 Å².